The van der Waals surface area contributed by atoms with Crippen LogP contribution in [-0.4, -0.2) is 24.7 Å². The molecule has 15 heavy (non-hydrogen) atoms. The molecule has 5 nitrogen and oxygen atoms in total. The molecule has 0 aliphatic heterocycles. The number of esters is 1. The van der Waals surface area contributed by atoms with E-state index in [9.17, 15) is 4.79 Å². The Morgan fingerprint density at radius 1 is 1.67 bits per heavy atom. The molecule has 0 atom stereocenters. The van der Waals surface area contributed by atoms with E-state index in [1.54, 1.807) is 6.92 Å². The highest BCUT2D eigenvalue weighted by atomic mass is 35.5. The number of nitrogens with two attached hydrogens (primary N) is 1. The van der Waals surface area contributed by atoms with E-state index in [-0.39, 0.29) is 22.3 Å². The largest absolute Gasteiger partial charge is 0.478 e. The topological polar surface area (TPSA) is 74.4 Å². The normalized spacial score (nSPS) is 9.80. The van der Waals surface area contributed by atoms with Gasteiger partial charge in [0.15, 0.2) is 5.69 Å². The molecule has 6 heteroatoms. The number of aromatic nitrogens is 1. The van der Waals surface area contributed by atoms with Crippen LogP contribution in [0.2, 0.25) is 5.02 Å². The van der Waals surface area contributed by atoms with Gasteiger partial charge in [-0.05, 0) is 6.92 Å². The molecule has 2 N–H and O–H groups in total. The van der Waals surface area contributed by atoms with Gasteiger partial charge in [0.2, 0.25) is 5.88 Å². The lowest BCUT2D eigenvalue weighted by molar-refractivity contribution is 0.0594. The van der Waals surface area contributed by atoms with Gasteiger partial charge in [-0.2, -0.15) is 0 Å². The second kappa shape index (κ2) is 4.84. The molecule has 1 rings (SSSR count). The second-order valence-corrected chi connectivity index (χ2v) is 3.04. The first-order valence-electron chi connectivity index (χ1n) is 4.27. The van der Waals surface area contributed by atoms with E-state index in [1.807, 2.05) is 0 Å². The molecular weight excluding hydrogens is 220 g/mol. The average Bonchev–Trinajstić information content (AvgIpc) is 2.22. The zero-order chi connectivity index (χ0) is 11.4. The minimum atomic E-state index is -0.643. The quantitative estimate of drug-likeness (QED) is 0.797. The van der Waals surface area contributed by atoms with Gasteiger partial charge in [-0.1, -0.05) is 11.6 Å². The van der Waals surface area contributed by atoms with Crippen molar-refractivity contribution in [2.75, 3.05) is 19.5 Å². The van der Waals surface area contributed by atoms with E-state index in [4.69, 9.17) is 22.1 Å². The fraction of sp³-hybridized carbons (Fsp3) is 0.333. The molecule has 0 spiro atoms. The third-order valence-electron chi connectivity index (χ3n) is 1.66. The number of halogens is 1. The zero-order valence-corrected chi connectivity index (χ0v) is 9.17. The number of ether oxygens (including phenoxy) is 2. The lowest BCUT2D eigenvalue weighted by Crippen LogP contribution is -2.10. The van der Waals surface area contributed by atoms with Gasteiger partial charge in [0.05, 0.1) is 24.4 Å². The number of methoxy groups -OCH3 is 1. The van der Waals surface area contributed by atoms with Gasteiger partial charge in [0, 0.05) is 6.07 Å². The number of nitrogens with zero attached hydrogens (tertiary/aromatic N) is 1. The van der Waals surface area contributed by atoms with Crippen molar-refractivity contribution in [1.29, 1.82) is 0 Å². The van der Waals surface area contributed by atoms with Crippen LogP contribution < -0.4 is 10.5 Å². The van der Waals surface area contributed by atoms with Crippen LogP contribution in [0, 0.1) is 0 Å². The summed E-state index contributed by atoms with van der Waals surface area (Å²) < 4.78 is 9.63. The van der Waals surface area contributed by atoms with E-state index in [2.05, 4.69) is 9.72 Å². The molecule has 1 aromatic heterocycles. The molecule has 0 unspecified atom stereocenters. The predicted molar refractivity (Wildman–Crippen MR) is 56.2 cm³/mol. The first-order valence-corrected chi connectivity index (χ1v) is 4.65. The number of pyridine rings is 1. The molecule has 0 aliphatic carbocycles. The van der Waals surface area contributed by atoms with Crippen LogP contribution >= 0.6 is 11.6 Å². The number of anilines is 1. The van der Waals surface area contributed by atoms with Gasteiger partial charge in [0.25, 0.3) is 0 Å². The highest BCUT2D eigenvalue weighted by molar-refractivity contribution is 6.33. The Morgan fingerprint density at radius 2 is 2.33 bits per heavy atom. The molecule has 0 saturated heterocycles. The minimum Gasteiger partial charge on any atom is -0.478 e. The summed E-state index contributed by atoms with van der Waals surface area (Å²) in [5.74, 6) is -0.395. The van der Waals surface area contributed by atoms with E-state index in [0.29, 0.717) is 6.61 Å². The molecule has 1 aromatic rings. The summed E-state index contributed by atoms with van der Waals surface area (Å²) in [6.45, 7) is 2.22. The summed E-state index contributed by atoms with van der Waals surface area (Å²) in [5, 5.41) is 0.217. The molecule has 82 valence electrons. The monoisotopic (exact) mass is 230 g/mol. The lowest BCUT2D eigenvalue weighted by atomic mass is 10.3. The molecule has 0 saturated carbocycles. The van der Waals surface area contributed by atoms with E-state index < -0.39 is 5.97 Å². The van der Waals surface area contributed by atoms with Crippen LogP contribution in [0.1, 0.15) is 17.4 Å². The Kier molecular flexibility index (Phi) is 3.74. The third-order valence-corrected chi connectivity index (χ3v) is 1.97. The highest BCUT2D eigenvalue weighted by Gasteiger charge is 2.16. The molecule has 1 heterocycles. The molecule has 0 radical (unpaired) electrons. The lowest BCUT2D eigenvalue weighted by Gasteiger charge is -2.08. The van der Waals surface area contributed by atoms with Gasteiger partial charge in [-0.3, -0.25) is 0 Å². The van der Waals surface area contributed by atoms with Crippen LogP contribution in [0.4, 0.5) is 5.69 Å². The van der Waals surface area contributed by atoms with Crippen molar-refractivity contribution < 1.29 is 14.3 Å². The van der Waals surface area contributed by atoms with Crippen molar-refractivity contribution in [3.8, 4) is 5.88 Å². The van der Waals surface area contributed by atoms with Gasteiger partial charge in [-0.25, -0.2) is 9.78 Å². The zero-order valence-electron chi connectivity index (χ0n) is 8.41. The SMILES string of the molecule is CCOc1cc(Cl)c(N)c(C(=O)OC)n1. The van der Waals surface area contributed by atoms with Gasteiger partial charge >= 0.3 is 5.97 Å². The number of rotatable bonds is 3. The van der Waals surface area contributed by atoms with Crippen LogP contribution in [-0.2, 0) is 4.74 Å². The fourth-order valence-electron chi connectivity index (χ4n) is 0.976. The number of nitrogen functional groups attached to an aromatic ring is 1. The van der Waals surface area contributed by atoms with Crippen molar-refractivity contribution in [2.45, 2.75) is 6.92 Å². The Morgan fingerprint density at radius 3 is 2.87 bits per heavy atom. The summed E-state index contributed by atoms with van der Waals surface area (Å²) in [6.07, 6.45) is 0. The van der Waals surface area contributed by atoms with E-state index >= 15 is 0 Å². The maximum absolute atomic E-state index is 11.3. The first-order chi connectivity index (χ1) is 7.10. The Labute approximate surface area is 92.1 Å². The molecule has 0 bridgehead atoms. The Hall–Kier alpha value is -1.49. The van der Waals surface area contributed by atoms with Crippen LogP contribution in [0.15, 0.2) is 6.07 Å². The van der Waals surface area contributed by atoms with Gasteiger partial charge < -0.3 is 15.2 Å². The maximum atomic E-state index is 11.3. The van der Waals surface area contributed by atoms with E-state index in [1.165, 1.54) is 13.2 Å². The molecule has 0 aliphatic rings. The van der Waals surface area contributed by atoms with Crippen molar-refractivity contribution in [3.63, 3.8) is 0 Å². The van der Waals surface area contributed by atoms with Crippen molar-refractivity contribution >= 4 is 23.3 Å². The fourth-order valence-corrected chi connectivity index (χ4v) is 1.16. The molecule has 0 fully saturated rings. The Balaban J connectivity index is 3.18. The maximum Gasteiger partial charge on any atom is 0.359 e. The van der Waals surface area contributed by atoms with Crippen molar-refractivity contribution in [1.82, 2.24) is 4.98 Å². The standard InChI is InChI=1S/C9H11ClN2O3/c1-3-15-6-4-5(10)7(11)8(12-6)9(13)14-2/h4H,3,11H2,1-2H3. The summed E-state index contributed by atoms with van der Waals surface area (Å²) in [6, 6.07) is 1.45. The van der Waals surface area contributed by atoms with Gasteiger partial charge in [-0.15, -0.1) is 0 Å². The summed E-state index contributed by atoms with van der Waals surface area (Å²) in [4.78, 5) is 15.2. The number of carbonyl (C=O) groups is 1. The summed E-state index contributed by atoms with van der Waals surface area (Å²) in [7, 11) is 1.24. The molecule has 0 aromatic carbocycles. The van der Waals surface area contributed by atoms with E-state index in [0.717, 1.165) is 0 Å². The average molecular weight is 231 g/mol. The second-order valence-electron chi connectivity index (χ2n) is 2.63. The first kappa shape index (κ1) is 11.6. The Bertz CT molecular complexity index is 382. The van der Waals surface area contributed by atoms with Crippen LogP contribution in [0.3, 0.4) is 0 Å². The smallest absolute Gasteiger partial charge is 0.359 e. The number of carbonyl (C=O) groups excluding carboxylic acids is 1. The highest BCUT2D eigenvalue weighted by Crippen LogP contribution is 2.26. The van der Waals surface area contributed by atoms with Gasteiger partial charge in [0.1, 0.15) is 0 Å². The summed E-state index contributed by atoms with van der Waals surface area (Å²) >= 11 is 5.80. The number of hydrogen-bond acceptors (Lipinski definition) is 5. The molecular formula is C9H11ClN2O3. The van der Waals surface area contributed by atoms with Crippen molar-refractivity contribution in [3.05, 3.63) is 16.8 Å². The van der Waals surface area contributed by atoms with Crippen LogP contribution in [0.5, 0.6) is 5.88 Å². The van der Waals surface area contributed by atoms with Crippen LogP contribution in [0.25, 0.3) is 0 Å². The molecule has 0 amide bonds. The minimum absolute atomic E-state index is 0.0338. The predicted octanol–water partition coefficient (Wildman–Crippen LogP) is 1.50. The third kappa shape index (κ3) is 2.50. The summed E-state index contributed by atoms with van der Waals surface area (Å²) in [5.41, 5.74) is 5.63. The van der Waals surface area contributed by atoms with Crippen molar-refractivity contribution in [2.24, 2.45) is 0 Å². The number of hydrogen-bond donors (Lipinski definition) is 1.